The van der Waals surface area contributed by atoms with Gasteiger partial charge in [0.15, 0.2) is 0 Å². The van der Waals surface area contributed by atoms with Crippen molar-refractivity contribution in [3.05, 3.63) is 36.2 Å². The van der Waals surface area contributed by atoms with Crippen molar-refractivity contribution in [2.24, 2.45) is 5.73 Å². The summed E-state index contributed by atoms with van der Waals surface area (Å²) in [6.45, 7) is 6.37. The van der Waals surface area contributed by atoms with E-state index < -0.39 is 0 Å². The number of hydrogen-bond acceptors (Lipinski definition) is 3. The first-order chi connectivity index (χ1) is 9.74. The first-order valence-electron chi connectivity index (χ1n) is 7.21. The minimum absolute atomic E-state index is 0. The highest BCUT2D eigenvalue weighted by molar-refractivity contribution is 5.85. The Labute approximate surface area is 132 Å². The van der Waals surface area contributed by atoms with Crippen LogP contribution in [0.1, 0.15) is 25.3 Å². The number of unbranched alkanes of at least 4 members (excludes halogenated alkanes) is 1. The van der Waals surface area contributed by atoms with Gasteiger partial charge in [-0.1, -0.05) is 19.4 Å². The number of rotatable bonds is 7. The third-order valence-corrected chi connectivity index (χ3v) is 3.28. The Balaban J connectivity index is 0.00000220. The van der Waals surface area contributed by atoms with Crippen LogP contribution in [0.3, 0.4) is 0 Å². The lowest BCUT2D eigenvalue weighted by molar-refractivity contribution is 0.309. The molecule has 2 aromatic rings. The number of benzene rings is 1. The SMILES string of the molecule is CCCCOc1ccc(C)c(-c2cnn(CCN)c2)c1.Cl. The summed E-state index contributed by atoms with van der Waals surface area (Å²) in [5.74, 6) is 0.922. The van der Waals surface area contributed by atoms with E-state index in [9.17, 15) is 0 Å². The molecule has 0 unspecified atom stereocenters. The molecule has 0 aliphatic heterocycles. The fraction of sp³-hybridized carbons (Fsp3) is 0.438. The highest BCUT2D eigenvalue weighted by atomic mass is 35.5. The second kappa shape index (κ2) is 8.70. The van der Waals surface area contributed by atoms with Crippen LogP contribution in [0.2, 0.25) is 0 Å². The van der Waals surface area contributed by atoms with E-state index in [1.807, 2.05) is 23.1 Å². The molecule has 0 saturated heterocycles. The van der Waals surface area contributed by atoms with Gasteiger partial charge in [-0.25, -0.2) is 0 Å². The minimum atomic E-state index is 0. The number of aryl methyl sites for hydroxylation is 1. The van der Waals surface area contributed by atoms with Crippen LogP contribution in [0.15, 0.2) is 30.6 Å². The van der Waals surface area contributed by atoms with Gasteiger partial charge in [-0.05, 0) is 36.6 Å². The van der Waals surface area contributed by atoms with Gasteiger partial charge in [-0.15, -0.1) is 12.4 Å². The number of aromatic nitrogens is 2. The molecule has 1 aromatic heterocycles. The van der Waals surface area contributed by atoms with E-state index in [4.69, 9.17) is 10.5 Å². The molecule has 1 heterocycles. The highest BCUT2D eigenvalue weighted by Crippen LogP contribution is 2.27. The molecular weight excluding hydrogens is 286 g/mol. The Morgan fingerprint density at radius 1 is 1.33 bits per heavy atom. The van der Waals surface area contributed by atoms with Gasteiger partial charge in [-0.2, -0.15) is 5.10 Å². The van der Waals surface area contributed by atoms with Crippen molar-refractivity contribution in [3.63, 3.8) is 0 Å². The predicted octanol–water partition coefficient (Wildman–Crippen LogP) is 3.42. The first kappa shape index (κ1) is 17.5. The number of halogens is 1. The third-order valence-electron chi connectivity index (χ3n) is 3.28. The molecule has 0 atom stereocenters. The number of nitrogens with two attached hydrogens (primary N) is 1. The van der Waals surface area contributed by atoms with Gasteiger partial charge in [-0.3, -0.25) is 4.68 Å². The average molecular weight is 310 g/mol. The van der Waals surface area contributed by atoms with Gasteiger partial charge in [0.25, 0.3) is 0 Å². The molecule has 5 heteroatoms. The van der Waals surface area contributed by atoms with E-state index in [0.717, 1.165) is 37.3 Å². The average Bonchev–Trinajstić information content (AvgIpc) is 2.90. The smallest absolute Gasteiger partial charge is 0.119 e. The van der Waals surface area contributed by atoms with E-state index in [2.05, 4.69) is 31.1 Å². The summed E-state index contributed by atoms with van der Waals surface area (Å²) < 4.78 is 7.65. The molecule has 0 bridgehead atoms. The summed E-state index contributed by atoms with van der Waals surface area (Å²) >= 11 is 0. The van der Waals surface area contributed by atoms with E-state index in [1.54, 1.807) is 0 Å². The molecule has 0 amide bonds. The Hall–Kier alpha value is -1.52. The van der Waals surface area contributed by atoms with Crippen LogP contribution in [0.4, 0.5) is 0 Å². The summed E-state index contributed by atoms with van der Waals surface area (Å²) in [5.41, 5.74) is 9.05. The van der Waals surface area contributed by atoms with Crippen molar-refractivity contribution >= 4 is 12.4 Å². The molecule has 1 aromatic carbocycles. The minimum Gasteiger partial charge on any atom is -0.494 e. The lowest BCUT2D eigenvalue weighted by Gasteiger charge is -2.09. The van der Waals surface area contributed by atoms with Crippen molar-refractivity contribution in [1.29, 1.82) is 0 Å². The van der Waals surface area contributed by atoms with Gasteiger partial charge in [0, 0.05) is 18.3 Å². The third kappa shape index (κ3) is 4.76. The van der Waals surface area contributed by atoms with Crippen molar-refractivity contribution in [1.82, 2.24) is 9.78 Å². The van der Waals surface area contributed by atoms with Crippen LogP contribution < -0.4 is 10.5 Å². The molecule has 0 radical (unpaired) electrons. The monoisotopic (exact) mass is 309 g/mol. The van der Waals surface area contributed by atoms with Crippen molar-refractivity contribution < 1.29 is 4.74 Å². The molecule has 4 nitrogen and oxygen atoms in total. The number of nitrogens with zero attached hydrogens (tertiary/aromatic N) is 2. The predicted molar refractivity (Wildman–Crippen MR) is 89.1 cm³/mol. The van der Waals surface area contributed by atoms with Crippen molar-refractivity contribution in [2.45, 2.75) is 33.2 Å². The largest absolute Gasteiger partial charge is 0.494 e. The van der Waals surface area contributed by atoms with E-state index in [-0.39, 0.29) is 12.4 Å². The van der Waals surface area contributed by atoms with Gasteiger partial charge in [0.05, 0.1) is 19.3 Å². The van der Waals surface area contributed by atoms with Gasteiger partial charge in [0.1, 0.15) is 5.75 Å². The van der Waals surface area contributed by atoms with Crippen LogP contribution >= 0.6 is 12.4 Å². The summed E-state index contributed by atoms with van der Waals surface area (Å²) in [6, 6.07) is 6.21. The number of ether oxygens (including phenoxy) is 1. The summed E-state index contributed by atoms with van der Waals surface area (Å²) in [7, 11) is 0. The van der Waals surface area contributed by atoms with Crippen LogP contribution in [0.25, 0.3) is 11.1 Å². The van der Waals surface area contributed by atoms with Crippen LogP contribution in [-0.2, 0) is 6.54 Å². The highest BCUT2D eigenvalue weighted by Gasteiger charge is 2.07. The molecule has 0 fully saturated rings. The van der Waals surface area contributed by atoms with Gasteiger partial charge in [0.2, 0.25) is 0 Å². The zero-order valence-corrected chi connectivity index (χ0v) is 13.5. The molecule has 2 N–H and O–H groups in total. The molecule has 0 aliphatic rings. The molecule has 116 valence electrons. The Morgan fingerprint density at radius 2 is 2.14 bits per heavy atom. The maximum absolute atomic E-state index is 5.77. The number of hydrogen-bond donors (Lipinski definition) is 1. The molecule has 0 saturated carbocycles. The quantitative estimate of drug-likeness (QED) is 0.797. The Morgan fingerprint density at radius 3 is 2.86 bits per heavy atom. The normalized spacial score (nSPS) is 10.2. The fourth-order valence-corrected chi connectivity index (χ4v) is 2.09. The summed E-state index contributed by atoms with van der Waals surface area (Å²) in [5, 5.41) is 4.32. The van der Waals surface area contributed by atoms with Crippen molar-refractivity contribution in [3.8, 4) is 16.9 Å². The van der Waals surface area contributed by atoms with Crippen LogP contribution in [0.5, 0.6) is 5.75 Å². The second-order valence-corrected chi connectivity index (χ2v) is 4.96. The molecule has 0 aliphatic carbocycles. The zero-order chi connectivity index (χ0) is 14.4. The molecule has 21 heavy (non-hydrogen) atoms. The first-order valence-corrected chi connectivity index (χ1v) is 7.21. The lowest BCUT2D eigenvalue weighted by atomic mass is 10.0. The lowest BCUT2D eigenvalue weighted by Crippen LogP contribution is -2.09. The second-order valence-electron chi connectivity index (χ2n) is 4.96. The standard InChI is InChI=1S/C16H23N3O.ClH/c1-3-4-9-20-15-6-5-13(2)16(10-15)14-11-18-19(12-14)8-7-17;/h5-6,10-12H,3-4,7-9,17H2,1-2H3;1H. The topological polar surface area (TPSA) is 53.1 Å². The fourth-order valence-electron chi connectivity index (χ4n) is 2.09. The van der Waals surface area contributed by atoms with E-state index in [1.165, 1.54) is 11.1 Å². The maximum Gasteiger partial charge on any atom is 0.119 e. The zero-order valence-electron chi connectivity index (χ0n) is 12.7. The van der Waals surface area contributed by atoms with Crippen molar-refractivity contribution in [2.75, 3.05) is 13.2 Å². The summed E-state index contributed by atoms with van der Waals surface area (Å²) in [4.78, 5) is 0. The van der Waals surface area contributed by atoms with Crippen LogP contribution in [-0.4, -0.2) is 22.9 Å². The van der Waals surface area contributed by atoms with Crippen LogP contribution in [0, 0.1) is 6.92 Å². The maximum atomic E-state index is 5.77. The molecule has 2 rings (SSSR count). The Kier molecular flexibility index (Phi) is 7.26. The molecular formula is C16H24ClN3O. The van der Waals surface area contributed by atoms with Gasteiger partial charge >= 0.3 is 0 Å². The van der Waals surface area contributed by atoms with E-state index >= 15 is 0 Å². The van der Waals surface area contributed by atoms with Gasteiger partial charge < -0.3 is 10.5 Å². The summed E-state index contributed by atoms with van der Waals surface area (Å²) in [6.07, 6.45) is 6.14. The Bertz CT molecular complexity index is 554. The van der Waals surface area contributed by atoms with E-state index in [0.29, 0.717) is 6.54 Å². The molecule has 0 spiro atoms.